The summed E-state index contributed by atoms with van der Waals surface area (Å²) in [6.07, 6.45) is 3.75. The van der Waals surface area contributed by atoms with Crippen LogP contribution in [0.15, 0.2) is 60.9 Å². The molecule has 0 aliphatic rings. The summed E-state index contributed by atoms with van der Waals surface area (Å²) in [5, 5.41) is 8.81. The van der Waals surface area contributed by atoms with Crippen molar-refractivity contribution in [3.63, 3.8) is 0 Å². The van der Waals surface area contributed by atoms with E-state index in [1.165, 1.54) is 0 Å². The average Bonchev–Trinajstić information content (AvgIpc) is 2.94. The molecule has 20 heavy (non-hydrogen) atoms. The smallest absolute Gasteiger partial charge is 0.110 e. The van der Waals surface area contributed by atoms with Gasteiger partial charge in [-0.1, -0.05) is 24.3 Å². The molecule has 3 nitrogen and oxygen atoms in total. The van der Waals surface area contributed by atoms with Crippen molar-refractivity contribution in [2.24, 2.45) is 0 Å². The topological polar surface area (TPSA) is 41.6 Å². The Hall–Kier alpha value is -2.86. The highest BCUT2D eigenvalue weighted by Crippen LogP contribution is 2.21. The van der Waals surface area contributed by atoms with Crippen molar-refractivity contribution in [1.29, 1.82) is 5.26 Å². The van der Waals surface area contributed by atoms with E-state index in [0.29, 0.717) is 5.56 Å². The number of hydrogen-bond donors (Lipinski definition) is 0. The van der Waals surface area contributed by atoms with E-state index >= 15 is 0 Å². The molecule has 0 saturated carbocycles. The Morgan fingerprint density at radius 1 is 0.950 bits per heavy atom. The Kier molecular flexibility index (Phi) is 3.06. The summed E-state index contributed by atoms with van der Waals surface area (Å²) in [6.45, 7) is 1.98. The molecular weight excluding hydrogens is 246 g/mol. The molecule has 1 heterocycles. The normalized spacial score (nSPS) is 10.2. The van der Waals surface area contributed by atoms with Gasteiger partial charge in [-0.05, 0) is 42.3 Å². The van der Waals surface area contributed by atoms with Crippen LogP contribution in [0.4, 0.5) is 0 Å². The molecule has 1 aromatic heterocycles. The lowest BCUT2D eigenvalue weighted by molar-refractivity contribution is 0.975. The highest BCUT2D eigenvalue weighted by Gasteiger charge is 2.02. The second-order valence-electron chi connectivity index (χ2n) is 4.58. The van der Waals surface area contributed by atoms with Crippen molar-refractivity contribution in [3.05, 3.63) is 72.3 Å². The van der Waals surface area contributed by atoms with E-state index < -0.39 is 0 Å². The van der Waals surface area contributed by atoms with Crippen LogP contribution >= 0.6 is 0 Å². The molecule has 3 rings (SSSR count). The zero-order valence-electron chi connectivity index (χ0n) is 11.1. The zero-order chi connectivity index (χ0) is 13.9. The van der Waals surface area contributed by atoms with Crippen molar-refractivity contribution in [2.45, 2.75) is 6.92 Å². The Morgan fingerprint density at radius 2 is 1.55 bits per heavy atom. The first kappa shape index (κ1) is 12.2. The first-order valence-corrected chi connectivity index (χ1v) is 6.39. The van der Waals surface area contributed by atoms with Crippen LogP contribution in [0.3, 0.4) is 0 Å². The summed E-state index contributed by atoms with van der Waals surface area (Å²) in [5.74, 6) is 0.969. The summed E-state index contributed by atoms with van der Waals surface area (Å²) in [7, 11) is 0. The molecule has 0 bridgehead atoms. The van der Waals surface area contributed by atoms with Gasteiger partial charge in [-0.2, -0.15) is 5.26 Å². The second kappa shape index (κ2) is 5.02. The van der Waals surface area contributed by atoms with Gasteiger partial charge in [0.15, 0.2) is 0 Å². The van der Waals surface area contributed by atoms with Crippen molar-refractivity contribution >= 4 is 0 Å². The molecule has 0 fully saturated rings. The van der Waals surface area contributed by atoms with Crippen LogP contribution in [-0.2, 0) is 0 Å². The van der Waals surface area contributed by atoms with Gasteiger partial charge >= 0.3 is 0 Å². The van der Waals surface area contributed by atoms with Gasteiger partial charge in [0.05, 0.1) is 11.6 Å². The maximum absolute atomic E-state index is 8.81. The van der Waals surface area contributed by atoms with Crippen LogP contribution in [0.5, 0.6) is 0 Å². The Bertz CT molecular complexity index is 759. The number of aromatic nitrogens is 2. The third-order valence-electron chi connectivity index (χ3n) is 3.32. The molecule has 0 atom stereocenters. The van der Waals surface area contributed by atoms with E-state index in [1.54, 1.807) is 6.20 Å². The van der Waals surface area contributed by atoms with E-state index in [1.807, 2.05) is 42.0 Å². The monoisotopic (exact) mass is 259 g/mol. The molecule has 2 aromatic carbocycles. The number of nitrogens with zero attached hydrogens (tertiary/aromatic N) is 3. The quantitative estimate of drug-likeness (QED) is 0.703. The molecule has 0 amide bonds. The van der Waals surface area contributed by atoms with Gasteiger partial charge in [-0.3, -0.25) is 0 Å². The van der Waals surface area contributed by atoms with Crippen LogP contribution in [-0.4, -0.2) is 9.55 Å². The lowest BCUT2D eigenvalue weighted by atomic mass is 10.0. The number of aryl methyl sites for hydroxylation is 1. The van der Waals surface area contributed by atoms with Gasteiger partial charge in [-0.15, -0.1) is 0 Å². The summed E-state index contributed by atoms with van der Waals surface area (Å²) >= 11 is 0. The fraction of sp³-hybridized carbons (Fsp3) is 0.0588. The fourth-order valence-electron chi connectivity index (χ4n) is 2.20. The van der Waals surface area contributed by atoms with Crippen LogP contribution in [0.25, 0.3) is 16.8 Å². The number of rotatable bonds is 2. The minimum Gasteiger partial charge on any atom is -0.304 e. The molecule has 0 saturated heterocycles. The van der Waals surface area contributed by atoms with Crippen LogP contribution in [0.1, 0.15) is 11.4 Å². The van der Waals surface area contributed by atoms with Gasteiger partial charge in [-0.25, -0.2) is 4.98 Å². The number of imidazole rings is 1. The molecule has 0 spiro atoms. The van der Waals surface area contributed by atoms with Crippen LogP contribution in [0, 0.1) is 18.3 Å². The average molecular weight is 259 g/mol. The maximum atomic E-state index is 8.81. The molecule has 0 aliphatic heterocycles. The summed E-state index contributed by atoms with van der Waals surface area (Å²) in [4.78, 5) is 4.23. The number of hydrogen-bond acceptors (Lipinski definition) is 2. The number of benzene rings is 2. The van der Waals surface area contributed by atoms with E-state index in [2.05, 4.69) is 35.3 Å². The first-order chi connectivity index (χ1) is 9.78. The Balaban J connectivity index is 1.93. The minimum atomic E-state index is 0.680. The molecule has 3 aromatic rings. The van der Waals surface area contributed by atoms with Gasteiger partial charge < -0.3 is 4.57 Å². The van der Waals surface area contributed by atoms with E-state index in [-0.39, 0.29) is 0 Å². The number of nitriles is 1. The van der Waals surface area contributed by atoms with Crippen molar-refractivity contribution < 1.29 is 0 Å². The molecule has 0 N–H and O–H groups in total. The molecule has 0 aliphatic carbocycles. The van der Waals surface area contributed by atoms with Gasteiger partial charge in [0.25, 0.3) is 0 Å². The standard InChI is InChI=1S/C17H13N3/c1-13-19-10-11-20(13)17-8-6-16(7-9-17)15-4-2-14(12-18)3-5-15/h2-11H,1H3. The summed E-state index contributed by atoms with van der Waals surface area (Å²) in [6, 6.07) is 18.0. The highest BCUT2D eigenvalue weighted by molar-refractivity contribution is 5.65. The SMILES string of the molecule is Cc1nccn1-c1ccc(-c2ccc(C#N)cc2)cc1. The van der Waals surface area contributed by atoms with Crippen LogP contribution in [0.2, 0.25) is 0 Å². The molecule has 3 heteroatoms. The van der Waals surface area contributed by atoms with E-state index in [9.17, 15) is 0 Å². The maximum Gasteiger partial charge on any atom is 0.110 e. The molecule has 0 radical (unpaired) electrons. The van der Waals surface area contributed by atoms with E-state index in [4.69, 9.17) is 5.26 Å². The summed E-state index contributed by atoms with van der Waals surface area (Å²) in [5.41, 5.74) is 4.02. The molecule has 0 unspecified atom stereocenters. The second-order valence-corrected chi connectivity index (χ2v) is 4.58. The Labute approximate surface area is 117 Å². The fourth-order valence-corrected chi connectivity index (χ4v) is 2.20. The third kappa shape index (κ3) is 2.19. The predicted octanol–water partition coefficient (Wildman–Crippen LogP) is 3.72. The third-order valence-corrected chi connectivity index (χ3v) is 3.32. The largest absolute Gasteiger partial charge is 0.304 e. The highest BCUT2D eigenvalue weighted by atomic mass is 15.1. The molecule has 96 valence electrons. The first-order valence-electron chi connectivity index (χ1n) is 6.39. The Morgan fingerprint density at radius 3 is 2.05 bits per heavy atom. The van der Waals surface area contributed by atoms with Gasteiger partial charge in [0.1, 0.15) is 5.82 Å². The predicted molar refractivity (Wildman–Crippen MR) is 78.5 cm³/mol. The van der Waals surface area contributed by atoms with Crippen molar-refractivity contribution in [1.82, 2.24) is 9.55 Å². The lowest BCUT2D eigenvalue weighted by Crippen LogP contribution is -1.94. The lowest BCUT2D eigenvalue weighted by Gasteiger charge is -2.07. The van der Waals surface area contributed by atoms with Crippen LogP contribution < -0.4 is 0 Å². The molecular formula is C17H13N3. The minimum absolute atomic E-state index is 0.680. The van der Waals surface area contributed by atoms with Gasteiger partial charge in [0, 0.05) is 18.1 Å². The van der Waals surface area contributed by atoms with E-state index in [0.717, 1.165) is 22.6 Å². The van der Waals surface area contributed by atoms with Crippen molar-refractivity contribution in [2.75, 3.05) is 0 Å². The van der Waals surface area contributed by atoms with Crippen molar-refractivity contribution in [3.8, 4) is 22.9 Å². The van der Waals surface area contributed by atoms with Gasteiger partial charge in [0.2, 0.25) is 0 Å². The zero-order valence-corrected chi connectivity index (χ0v) is 11.1. The summed E-state index contributed by atoms with van der Waals surface area (Å²) < 4.78 is 2.04.